The first kappa shape index (κ1) is 16.1. The topological polar surface area (TPSA) is 69.4 Å². The highest BCUT2D eigenvalue weighted by atomic mass is 16.5. The number of pyridine rings is 1. The van der Waals surface area contributed by atoms with E-state index in [0.29, 0.717) is 18.9 Å². The lowest BCUT2D eigenvalue weighted by Crippen LogP contribution is -2.04. The fraction of sp³-hybridized carbons (Fsp3) is 0.211. The van der Waals surface area contributed by atoms with Gasteiger partial charge in [0.05, 0.1) is 18.5 Å². The first-order valence-electron chi connectivity index (χ1n) is 7.73. The molecule has 0 aliphatic carbocycles. The average Bonchev–Trinajstić information content (AvgIpc) is 2.59. The largest absolute Gasteiger partial charge is 0.491 e. The van der Waals surface area contributed by atoms with Crippen molar-refractivity contribution in [3.05, 3.63) is 54.2 Å². The van der Waals surface area contributed by atoms with E-state index in [1.807, 2.05) is 43.3 Å². The SMILES string of the molecule is COCCOc1ccc(Nc2ncc(N)c3[c]c(C)ccc23)cc1. The van der Waals surface area contributed by atoms with Crippen LogP contribution in [0, 0.1) is 13.0 Å². The molecule has 5 heteroatoms. The van der Waals surface area contributed by atoms with Crippen LogP contribution in [0.3, 0.4) is 0 Å². The van der Waals surface area contributed by atoms with E-state index in [1.165, 1.54) is 0 Å². The Morgan fingerprint density at radius 1 is 1.12 bits per heavy atom. The molecule has 0 aliphatic heterocycles. The zero-order valence-electron chi connectivity index (χ0n) is 13.8. The maximum absolute atomic E-state index is 6.02. The number of benzene rings is 2. The lowest BCUT2D eigenvalue weighted by Gasteiger charge is -2.11. The van der Waals surface area contributed by atoms with Gasteiger partial charge in [-0.25, -0.2) is 4.98 Å². The molecule has 1 radical (unpaired) electrons. The smallest absolute Gasteiger partial charge is 0.138 e. The minimum absolute atomic E-state index is 0.530. The molecular weight excluding hydrogens is 302 g/mol. The number of rotatable bonds is 6. The molecular formula is C19H20N3O2. The number of fused-ring (bicyclic) bond motifs is 1. The monoisotopic (exact) mass is 322 g/mol. The summed E-state index contributed by atoms with van der Waals surface area (Å²) in [4.78, 5) is 4.41. The van der Waals surface area contributed by atoms with E-state index >= 15 is 0 Å². The molecule has 1 heterocycles. The van der Waals surface area contributed by atoms with Crippen molar-refractivity contribution < 1.29 is 9.47 Å². The number of methoxy groups -OCH3 is 1. The summed E-state index contributed by atoms with van der Waals surface area (Å²) in [6.45, 7) is 3.09. The second kappa shape index (κ2) is 7.19. The summed E-state index contributed by atoms with van der Waals surface area (Å²) in [5.74, 6) is 1.56. The van der Waals surface area contributed by atoms with E-state index in [4.69, 9.17) is 15.2 Å². The minimum atomic E-state index is 0.530. The van der Waals surface area contributed by atoms with Crippen LogP contribution in [-0.4, -0.2) is 25.3 Å². The standard InChI is InChI=1S/C19H20N3O2/c1-13-3-8-16-17(11-13)18(20)12-21-19(16)22-14-4-6-15(7-5-14)24-10-9-23-2/h3-8,12H,9-10,20H2,1-2H3,(H,21,22). The van der Waals surface area contributed by atoms with Gasteiger partial charge in [0.2, 0.25) is 0 Å². The Balaban J connectivity index is 1.81. The third kappa shape index (κ3) is 3.58. The fourth-order valence-corrected chi connectivity index (χ4v) is 2.40. The van der Waals surface area contributed by atoms with Gasteiger partial charge in [-0.05, 0) is 42.8 Å². The van der Waals surface area contributed by atoms with Crippen LogP contribution in [0.15, 0.2) is 42.6 Å². The highest BCUT2D eigenvalue weighted by molar-refractivity contribution is 6.00. The van der Waals surface area contributed by atoms with E-state index in [9.17, 15) is 0 Å². The molecule has 0 aliphatic rings. The van der Waals surface area contributed by atoms with Gasteiger partial charge in [-0.15, -0.1) is 0 Å². The molecule has 3 N–H and O–H groups in total. The Kier molecular flexibility index (Phi) is 4.82. The van der Waals surface area contributed by atoms with Gasteiger partial charge in [0.15, 0.2) is 0 Å². The van der Waals surface area contributed by atoms with E-state index in [2.05, 4.69) is 16.4 Å². The summed E-state index contributed by atoms with van der Waals surface area (Å²) >= 11 is 0. The Morgan fingerprint density at radius 2 is 1.92 bits per heavy atom. The van der Waals surface area contributed by atoms with Crippen LogP contribution in [0.2, 0.25) is 0 Å². The van der Waals surface area contributed by atoms with Crippen molar-refractivity contribution in [1.29, 1.82) is 0 Å². The van der Waals surface area contributed by atoms with Gasteiger partial charge < -0.3 is 20.5 Å². The Bertz CT molecular complexity index is 832. The van der Waals surface area contributed by atoms with Crippen molar-refractivity contribution in [2.75, 3.05) is 31.4 Å². The van der Waals surface area contributed by atoms with Crippen molar-refractivity contribution in [2.24, 2.45) is 0 Å². The van der Waals surface area contributed by atoms with Crippen LogP contribution >= 0.6 is 0 Å². The number of hydrogen-bond donors (Lipinski definition) is 2. The molecule has 123 valence electrons. The third-order valence-electron chi connectivity index (χ3n) is 3.64. The number of ether oxygens (including phenoxy) is 2. The Hall–Kier alpha value is -2.79. The van der Waals surface area contributed by atoms with Crippen LogP contribution in [0.1, 0.15) is 5.56 Å². The van der Waals surface area contributed by atoms with Gasteiger partial charge in [0, 0.05) is 23.6 Å². The van der Waals surface area contributed by atoms with Crippen molar-refractivity contribution in [1.82, 2.24) is 4.98 Å². The van der Waals surface area contributed by atoms with Crippen LogP contribution < -0.4 is 15.8 Å². The van der Waals surface area contributed by atoms with Crippen molar-refractivity contribution in [3.8, 4) is 5.75 Å². The number of hydrogen-bond acceptors (Lipinski definition) is 5. The molecule has 0 unspecified atom stereocenters. The summed E-state index contributed by atoms with van der Waals surface area (Å²) in [6, 6.07) is 15.0. The molecule has 3 rings (SSSR count). The number of anilines is 3. The second-order valence-corrected chi connectivity index (χ2v) is 5.48. The first-order chi connectivity index (χ1) is 11.7. The van der Waals surface area contributed by atoms with Gasteiger partial charge in [0.1, 0.15) is 18.2 Å². The lowest BCUT2D eigenvalue weighted by molar-refractivity contribution is 0.146. The minimum Gasteiger partial charge on any atom is -0.491 e. The molecule has 0 atom stereocenters. The fourth-order valence-electron chi connectivity index (χ4n) is 2.40. The molecule has 1 aromatic heterocycles. The molecule has 2 aromatic carbocycles. The normalized spacial score (nSPS) is 10.8. The number of nitrogens with zero attached hydrogens (tertiary/aromatic N) is 1. The predicted molar refractivity (Wildman–Crippen MR) is 96.8 cm³/mol. The van der Waals surface area contributed by atoms with Gasteiger partial charge >= 0.3 is 0 Å². The Morgan fingerprint density at radius 3 is 2.67 bits per heavy atom. The summed E-state index contributed by atoms with van der Waals surface area (Å²) in [5.41, 5.74) is 8.61. The maximum Gasteiger partial charge on any atom is 0.138 e. The maximum atomic E-state index is 6.02. The van der Waals surface area contributed by atoms with E-state index in [-0.39, 0.29) is 0 Å². The summed E-state index contributed by atoms with van der Waals surface area (Å²) in [7, 11) is 1.65. The van der Waals surface area contributed by atoms with E-state index < -0.39 is 0 Å². The summed E-state index contributed by atoms with van der Waals surface area (Å²) in [6.07, 6.45) is 1.66. The van der Waals surface area contributed by atoms with Gasteiger partial charge in [0.25, 0.3) is 0 Å². The molecule has 0 spiro atoms. The Labute approximate surface area is 141 Å². The second-order valence-electron chi connectivity index (χ2n) is 5.48. The number of nitrogens with one attached hydrogen (secondary N) is 1. The average molecular weight is 322 g/mol. The van der Waals surface area contributed by atoms with Gasteiger partial charge in [-0.3, -0.25) is 0 Å². The van der Waals surface area contributed by atoms with Crippen molar-refractivity contribution in [3.63, 3.8) is 0 Å². The highest BCUT2D eigenvalue weighted by Gasteiger charge is 2.07. The van der Waals surface area contributed by atoms with Gasteiger partial charge in [-0.2, -0.15) is 0 Å². The molecule has 0 amide bonds. The van der Waals surface area contributed by atoms with Crippen LogP contribution in [0.5, 0.6) is 5.75 Å². The zero-order chi connectivity index (χ0) is 16.9. The molecule has 3 aromatic rings. The van der Waals surface area contributed by atoms with Crippen LogP contribution in [-0.2, 0) is 4.74 Å². The van der Waals surface area contributed by atoms with Gasteiger partial charge in [-0.1, -0.05) is 12.1 Å². The molecule has 24 heavy (non-hydrogen) atoms. The van der Waals surface area contributed by atoms with E-state index in [1.54, 1.807) is 13.3 Å². The summed E-state index contributed by atoms with van der Waals surface area (Å²) in [5, 5.41) is 5.15. The lowest BCUT2D eigenvalue weighted by atomic mass is 10.1. The van der Waals surface area contributed by atoms with Crippen LogP contribution in [0.25, 0.3) is 10.8 Å². The molecule has 0 fully saturated rings. The quantitative estimate of drug-likeness (QED) is 0.677. The number of nitrogens with two attached hydrogens (primary N) is 1. The third-order valence-corrected chi connectivity index (χ3v) is 3.64. The highest BCUT2D eigenvalue weighted by Crippen LogP contribution is 2.29. The van der Waals surface area contributed by atoms with Crippen LogP contribution in [0.4, 0.5) is 17.2 Å². The van der Waals surface area contributed by atoms with Crippen molar-refractivity contribution >= 4 is 28.0 Å². The number of aryl methyl sites for hydroxylation is 1. The molecule has 0 saturated carbocycles. The molecule has 5 nitrogen and oxygen atoms in total. The van der Waals surface area contributed by atoms with Crippen molar-refractivity contribution in [2.45, 2.75) is 6.92 Å². The zero-order valence-corrected chi connectivity index (χ0v) is 13.8. The number of aromatic nitrogens is 1. The number of nitrogen functional groups attached to an aromatic ring is 1. The van der Waals surface area contributed by atoms with E-state index in [0.717, 1.165) is 33.6 Å². The summed E-state index contributed by atoms with van der Waals surface area (Å²) < 4.78 is 10.5. The predicted octanol–water partition coefficient (Wildman–Crippen LogP) is 3.69. The first-order valence-corrected chi connectivity index (χ1v) is 7.73. The molecule has 0 bridgehead atoms. The molecule has 0 saturated heterocycles.